The van der Waals surface area contributed by atoms with E-state index in [-0.39, 0.29) is 0 Å². The molecule has 0 aliphatic heterocycles. The molecule has 0 fully saturated rings. The molecule has 0 unspecified atom stereocenters. The number of amides is 1. The highest BCUT2D eigenvalue weighted by atomic mass is 19.4. The van der Waals surface area contributed by atoms with Crippen molar-refractivity contribution < 1.29 is 36.3 Å². The van der Waals surface area contributed by atoms with Crippen molar-refractivity contribution in [3.8, 4) is 0 Å². The minimum Gasteiger partial charge on any atom is -0.458 e. The maximum Gasteiger partial charge on any atom is 0.463 e. The van der Waals surface area contributed by atoms with Gasteiger partial charge in [-0.3, -0.25) is 4.79 Å². The second-order valence-electron chi connectivity index (χ2n) is 5.80. The molecule has 0 heterocycles. The number of carbonyl (C=O) groups excluding carboxylic acids is 2. The summed E-state index contributed by atoms with van der Waals surface area (Å²) in [4.78, 5) is 22.9. The zero-order chi connectivity index (χ0) is 17.2. The molecule has 4 nitrogen and oxygen atoms in total. The number of carbonyl (C=O) groups is 2. The van der Waals surface area contributed by atoms with Crippen LogP contribution in [-0.2, 0) is 14.3 Å². The van der Waals surface area contributed by atoms with Crippen LogP contribution in [0.3, 0.4) is 0 Å². The van der Waals surface area contributed by atoms with Crippen molar-refractivity contribution in [3.63, 3.8) is 0 Å². The van der Waals surface area contributed by atoms with Gasteiger partial charge in [0.2, 0.25) is 0 Å². The van der Waals surface area contributed by atoms with Crippen molar-refractivity contribution in [3.05, 3.63) is 0 Å². The molecule has 0 aromatic carbocycles. The largest absolute Gasteiger partial charge is 0.463 e. The Morgan fingerprint density at radius 3 is 1.71 bits per heavy atom. The van der Waals surface area contributed by atoms with Crippen molar-refractivity contribution in [2.24, 2.45) is 5.92 Å². The van der Waals surface area contributed by atoms with E-state index in [4.69, 9.17) is 4.74 Å². The van der Waals surface area contributed by atoms with Gasteiger partial charge in [0, 0.05) is 0 Å². The molecule has 1 amide bonds. The zero-order valence-corrected chi connectivity index (χ0v) is 12.3. The molecule has 0 radical (unpaired) electrons. The van der Waals surface area contributed by atoms with Crippen LogP contribution in [0.25, 0.3) is 0 Å². The summed E-state index contributed by atoms with van der Waals surface area (Å²) >= 11 is 0. The predicted octanol–water partition coefficient (Wildman–Crippen LogP) is 2.67. The highest BCUT2D eigenvalue weighted by Crippen LogP contribution is 2.35. The minimum absolute atomic E-state index is 0.729. The smallest absolute Gasteiger partial charge is 0.458 e. The molecule has 0 rings (SSSR count). The van der Waals surface area contributed by atoms with Crippen LogP contribution in [0.4, 0.5) is 22.0 Å². The number of ether oxygens (including phenoxy) is 1. The molecule has 0 bridgehead atoms. The van der Waals surface area contributed by atoms with Crippen LogP contribution in [0, 0.1) is 5.92 Å². The first-order valence-electron chi connectivity index (χ1n) is 6.08. The fourth-order valence-corrected chi connectivity index (χ4v) is 1.22. The first kappa shape index (κ1) is 19.6. The van der Waals surface area contributed by atoms with Gasteiger partial charge < -0.3 is 10.1 Å². The van der Waals surface area contributed by atoms with Gasteiger partial charge >= 0.3 is 24.0 Å². The lowest BCUT2D eigenvalue weighted by molar-refractivity contribution is -0.270. The number of hydrogen-bond donors (Lipinski definition) is 1. The Hall–Kier alpha value is -1.41. The van der Waals surface area contributed by atoms with E-state index in [1.54, 1.807) is 0 Å². The molecular weight excluding hydrogens is 301 g/mol. The van der Waals surface area contributed by atoms with Crippen molar-refractivity contribution >= 4 is 11.9 Å². The maximum atomic E-state index is 12.9. The number of halogens is 5. The summed E-state index contributed by atoms with van der Waals surface area (Å²) in [5.74, 6) is -9.97. The zero-order valence-electron chi connectivity index (χ0n) is 12.3. The molecule has 0 saturated carbocycles. The Balaban J connectivity index is 5.13. The van der Waals surface area contributed by atoms with E-state index in [9.17, 15) is 31.5 Å². The molecule has 0 saturated heterocycles. The minimum atomic E-state index is -6.04. The molecule has 21 heavy (non-hydrogen) atoms. The van der Waals surface area contributed by atoms with Crippen LogP contribution >= 0.6 is 0 Å². The van der Waals surface area contributed by atoms with Crippen LogP contribution in [0.1, 0.15) is 34.6 Å². The third-order valence-electron chi connectivity index (χ3n) is 2.26. The van der Waals surface area contributed by atoms with E-state index >= 15 is 0 Å². The number of nitrogens with one attached hydrogen (secondary N) is 1. The third kappa shape index (κ3) is 5.47. The first-order chi connectivity index (χ1) is 9.09. The van der Waals surface area contributed by atoms with Crippen molar-refractivity contribution in [2.45, 2.75) is 58.4 Å². The highest BCUT2D eigenvalue weighted by Gasteiger charge is 2.63. The summed E-state index contributed by atoms with van der Waals surface area (Å²) in [7, 11) is 0. The Bertz CT molecular complexity index is 399. The lowest BCUT2D eigenvalue weighted by atomic mass is 10.0. The first-order valence-corrected chi connectivity index (χ1v) is 6.08. The average Bonchev–Trinajstić information content (AvgIpc) is 2.20. The molecule has 0 spiro atoms. The second kappa shape index (κ2) is 6.15. The second-order valence-corrected chi connectivity index (χ2v) is 5.80. The number of hydrogen-bond acceptors (Lipinski definition) is 3. The van der Waals surface area contributed by atoms with Gasteiger partial charge in [-0.1, -0.05) is 13.8 Å². The molecule has 0 aromatic heterocycles. The monoisotopic (exact) mass is 319 g/mol. The quantitative estimate of drug-likeness (QED) is 0.640. The van der Waals surface area contributed by atoms with Gasteiger partial charge in [-0.05, 0) is 26.7 Å². The van der Waals surface area contributed by atoms with Crippen molar-refractivity contribution in [1.82, 2.24) is 5.32 Å². The fourth-order valence-electron chi connectivity index (χ4n) is 1.22. The summed E-state index contributed by atoms with van der Waals surface area (Å²) in [6.07, 6.45) is -6.04. The maximum absolute atomic E-state index is 12.9. The van der Waals surface area contributed by atoms with Gasteiger partial charge in [-0.2, -0.15) is 22.0 Å². The Kier molecular flexibility index (Phi) is 5.73. The lowest BCUT2D eigenvalue weighted by Crippen LogP contribution is -2.56. The third-order valence-corrected chi connectivity index (χ3v) is 2.26. The van der Waals surface area contributed by atoms with Crippen molar-refractivity contribution in [1.29, 1.82) is 0 Å². The van der Waals surface area contributed by atoms with E-state index in [2.05, 4.69) is 0 Å². The molecule has 1 N–H and O–H groups in total. The van der Waals surface area contributed by atoms with Gasteiger partial charge in [-0.15, -0.1) is 0 Å². The average molecular weight is 319 g/mol. The van der Waals surface area contributed by atoms with Gasteiger partial charge in [0.05, 0.1) is 0 Å². The highest BCUT2D eigenvalue weighted by molar-refractivity contribution is 5.89. The Morgan fingerprint density at radius 1 is 1.00 bits per heavy atom. The fraction of sp³-hybridized carbons (Fsp3) is 0.833. The number of esters is 1. The van der Waals surface area contributed by atoms with Crippen LogP contribution in [-0.4, -0.2) is 35.6 Å². The number of alkyl halides is 5. The molecule has 1 atom stereocenters. The molecule has 0 aliphatic rings. The summed E-state index contributed by atoms with van der Waals surface area (Å²) < 4.78 is 66.8. The summed E-state index contributed by atoms with van der Waals surface area (Å²) in [5, 5.41) is 1.40. The Labute approximate surface area is 119 Å². The van der Waals surface area contributed by atoms with E-state index in [1.165, 1.54) is 39.9 Å². The van der Waals surface area contributed by atoms with Crippen LogP contribution in [0.15, 0.2) is 0 Å². The van der Waals surface area contributed by atoms with Gasteiger partial charge in [0.1, 0.15) is 11.6 Å². The van der Waals surface area contributed by atoms with E-state index in [0.29, 0.717) is 0 Å². The lowest BCUT2D eigenvalue weighted by Gasteiger charge is -2.28. The molecule has 9 heteroatoms. The van der Waals surface area contributed by atoms with Gasteiger partial charge in [0.15, 0.2) is 0 Å². The SMILES string of the molecule is CC(C)[C@@H](NC(=O)C(F)(F)C(F)(F)F)C(=O)OC(C)(C)C. The Morgan fingerprint density at radius 2 is 1.43 bits per heavy atom. The summed E-state index contributed by atoms with van der Waals surface area (Å²) in [6.45, 7) is 7.23. The predicted molar refractivity (Wildman–Crippen MR) is 63.6 cm³/mol. The van der Waals surface area contributed by atoms with Crippen molar-refractivity contribution in [2.75, 3.05) is 0 Å². The van der Waals surface area contributed by atoms with E-state index < -0.39 is 41.5 Å². The topological polar surface area (TPSA) is 55.4 Å². The summed E-state index contributed by atoms with van der Waals surface area (Å²) in [6, 6.07) is -1.61. The molecule has 0 aliphatic carbocycles. The molecule has 124 valence electrons. The van der Waals surface area contributed by atoms with Gasteiger partial charge in [0.25, 0.3) is 0 Å². The summed E-state index contributed by atoms with van der Waals surface area (Å²) in [5.41, 5.74) is -0.971. The van der Waals surface area contributed by atoms with E-state index in [1.807, 2.05) is 0 Å². The standard InChI is InChI=1S/C12H18F5NO3/c1-6(2)7(8(19)21-10(3,4)5)18-9(20)11(13,14)12(15,16)17/h6-7H,1-5H3,(H,18,20)/t7-/m1/s1. The van der Waals surface area contributed by atoms with Crippen LogP contribution in [0.5, 0.6) is 0 Å². The molecular formula is C12H18F5NO3. The normalized spacial score (nSPS) is 14.8. The number of rotatable bonds is 4. The van der Waals surface area contributed by atoms with Crippen LogP contribution < -0.4 is 5.32 Å². The van der Waals surface area contributed by atoms with Crippen LogP contribution in [0.2, 0.25) is 0 Å². The van der Waals surface area contributed by atoms with E-state index in [0.717, 1.165) is 0 Å². The van der Waals surface area contributed by atoms with Gasteiger partial charge in [-0.25, -0.2) is 4.79 Å². The molecule has 0 aromatic rings.